The number of aliphatic hydroxyl groups is 1. The molecule has 0 radical (unpaired) electrons. The first-order valence-corrected chi connectivity index (χ1v) is 12.9. The first-order chi connectivity index (χ1) is 18.7. The molecule has 3 aliphatic rings. The van der Waals surface area contributed by atoms with Gasteiger partial charge in [-0.1, -0.05) is 6.07 Å². The van der Waals surface area contributed by atoms with Crippen LogP contribution in [0.1, 0.15) is 40.0 Å². The van der Waals surface area contributed by atoms with Crippen LogP contribution in [0.2, 0.25) is 0 Å². The first-order valence-electron chi connectivity index (χ1n) is 12.9. The fraction of sp³-hybridized carbons (Fsp3) is 0.379. The third-order valence-corrected chi connectivity index (χ3v) is 8.14. The maximum absolute atomic E-state index is 13.7. The van der Waals surface area contributed by atoms with Gasteiger partial charge in [0.25, 0.3) is 11.8 Å². The molecule has 0 spiro atoms. The largest absolute Gasteiger partial charge is 0.395 e. The molecule has 2 aliphatic heterocycles. The lowest BCUT2D eigenvalue weighted by Crippen LogP contribution is -2.57. The maximum Gasteiger partial charge on any atom is 0.286 e. The van der Waals surface area contributed by atoms with E-state index in [4.69, 9.17) is 4.74 Å². The summed E-state index contributed by atoms with van der Waals surface area (Å²) in [7, 11) is 0. The Morgan fingerprint density at radius 1 is 1.15 bits per heavy atom. The molecule has 4 unspecified atom stereocenters. The van der Waals surface area contributed by atoms with E-state index in [1.54, 1.807) is 17.2 Å². The summed E-state index contributed by atoms with van der Waals surface area (Å²) in [6, 6.07) is 9.98. The number of anilines is 2. The second-order valence-corrected chi connectivity index (χ2v) is 10.6. The Labute approximate surface area is 224 Å². The number of fused-ring (bicyclic) bond motifs is 6. The Balaban J connectivity index is 1.33. The van der Waals surface area contributed by atoms with E-state index in [-0.39, 0.29) is 48.3 Å². The van der Waals surface area contributed by atoms with Crippen LogP contribution < -0.4 is 10.2 Å². The standard InChI is InChI=1S/C29H28F2N4O4/c1-15-3-4-18(34-27(37)16-5-6-32-23(10-16)29(2,30)31)11-19(15)17-9-20-24-21-13-39-14-22(21)25(24)28(38)35(7-8-36)26(20)33-12-17/h3-6,9-12,21-22,24-25,36H,7-8,13-14H2,1-2H3,(H,34,37). The molecule has 4 heterocycles. The Morgan fingerprint density at radius 2 is 1.92 bits per heavy atom. The van der Waals surface area contributed by atoms with Crippen LogP contribution in [0.3, 0.4) is 0 Å². The van der Waals surface area contributed by atoms with Crippen LogP contribution in [0, 0.1) is 24.7 Å². The lowest BCUT2D eigenvalue weighted by Gasteiger charge is -2.52. The Morgan fingerprint density at radius 3 is 2.67 bits per heavy atom. The summed E-state index contributed by atoms with van der Waals surface area (Å²) < 4.78 is 33.1. The summed E-state index contributed by atoms with van der Waals surface area (Å²) in [6.45, 7) is 3.90. The lowest BCUT2D eigenvalue weighted by molar-refractivity contribution is -0.132. The third-order valence-electron chi connectivity index (χ3n) is 8.14. The van der Waals surface area contributed by atoms with E-state index in [2.05, 4.69) is 21.4 Å². The number of ether oxygens (including phenoxy) is 1. The van der Waals surface area contributed by atoms with Crippen LogP contribution in [0.15, 0.2) is 48.8 Å². The van der Waals surface area contributed by atoms with Crippen molar-refractivity contribution in [2.24, 2.45) is 17.8 Å². The molecule has 8 nitrogen and oxygen atoms in total. The van der Waals surface area contributed by atoms with Gasteiger partial charge in [0.05, 0.1) is 32.3 Å². The fourth-order valence-electron chi connectivity index (χ4n) is 6.19. The van der Waals surface area contributed by atoms with Crippen molar-refractivity contribution in [3.63, 3.8) is 0 Å². The first kappa shape index (κ1) is 25.5. The number of halogens is 2. The summed E-state index contributed by atoms with van der Waals surface area (Å²) in [5.74, 6) is -2.83. The van der Waals surface area contributed by atoms with Gasteiger partial charge in [0.15, 0.2) is 0 Å². The average molecular weight is 535 g/mol. The number of aliphatic hydroxyl groups excluding tert-OH is 1. The molecule has 1 saturated carbocycles. The van der Waals surface area contributed by atoms with Gasteiger partial charge >= 0.3 is 0 Å². The number of rotatable bonds is 6. The van der Waals surface area contributed by atoms with Gasteiger partial charge in [-0.25, -0.2) is 4.98 Å². The van der Waals surface area contributed by atoms with Crippen LogP contribution in [-0.4, -0.2) is 53.3 Å². The van der Waals surface area contributed by atoms with Gasteiger partial charge in [-0.2, -0.15) is 8.78 Å². The monoisotopic (exact) mass is 534 g/mol. The van der Waals surface area contributed by atoms with Crippen molar-refractivity contribution in [3.05, 3.63) is 71.2 Å². The summed E-state index contributed by atoms with van der Waals surface area (Å²) in [5.41, 5.74) is 3.71. The Kier molecular flexibility index (Phi) is 6.19. The van der Waals surface area contributed by atoms with E-state index in [0.29, 0.717) is 24.7 Å². The SMILES string of the molecule is Cc1ccc(NC(=O)c2ccnc(C(C)(F)F)c2)cc1-c1cnc2c(c1)C1C3COCC3C1C(=O)N2CCO. The zero-order valence-corrected chi connectivity index (χ0v) is 21.5. The number of alkyl halides is 2. The van der Waals surface area contributed by atoms with Gasteiger partial charge in [-0.05, 0) is 54.3 Å². The highest BCUT2D eigenvalue weighted by Gasteiger charge is 2.61. The molecule has 10 heteroatoms. The predicted octanol–water partition coefficient (Wildman–Crippen LogP) is 4.13. The van der Waals surface area contributed by atoms with E-state index in [1.807, 2.05) is 19.1 Å². The molecule has 2 fully saturated rings. The molecule has 202 valence electrons. The maximum atomic E-state index is 13.7. The van der Waals surface area contributed by atoms with Crippen molar-refractivity contribution in [1.29, 1.82) is 0 Å². The number of nitrogens with zero attached hydrogens (tertiary/aromatic N) is 3. The van der Waals surface area contributed by atoms with Crippen LogP contribution in [0.25, 0.3) is 11.1 Å². The van der Waals surface area contributed by atoms with Crippen molar-refractivity contribution < 1.29 is 28.2 Å². The summed E-state index contributed by atoms with van der Waals surface area (Å²) in [6.07, 6.45) is 2.89. The fourth-order valence-corrected chi connectivity index (χ4v) is 6.19. The molecule has 1 saturated heterocycles. The zero-order valence-electron chi connectivity index (χ0n) is 21.5. The number of β-amino-alcohol motifs (C(OH)–C–C–N with tert-alkyl or cyclic N) is 1. The lowest BCUT2D eigenvalue weighted by atomic mass is 9.54. The molecule has 0 bridgehead atoms. The van der Waals surface area contributed by atoms with Crippen LogP contribution in [0.5, 0.6) is 0 Å². The summed E-state index contributed by atoms with van der Waals surface area (Å²) >= 11 is 0. The second-order valence-electron chi connectivity index (χ2n) is 10.6. The molecular formula is C29H28F2N4O4. The van der Waals surface area contributed by atoms with E-state index in [1.165, 1.54) is 12.3 Å². The van der Waals surface area contributed by atoms with Gasteiger partial charge in [0, 0.05) is 53.5 Å². The van der Waals surface area contributed by atoms with Crippen molar-refractivity contribution in [3.8, 4) is 11.1 Å². The van der Waals surface area contributed by atoms with Crippen molar-refractivity contribution in [2.75, 3.05) is 36.6 Å². The molecule has 6 rings (SSSR count). The number of carbonyl (C=O) groups is 2. The number of nitrogens with one attached hydrogen (secondary N) is 1. The zero-order chi connectivity index (χ0) is 27.5. The molecule has 2 N–H and O–H groups in total. The summed E-state index contributed by atoms with van der Waals surface area (Å²) in [5, 5.41) is 12.4. The van der Waals surface area contributed by atoms with Crippen LogP contribution >= 0.6 is 0 Å². The van der Waals surface area contributed by atoms with Gasteiger partial charge < -0.3 is 15.2 Å². The average Bonchev–Trinajstić information content (AvgIpc) is 3.30. The Hall–Kier alpha value is -3.76. The van der Waals surface area contributed by atoms with E-state index < -0.39 is 17.5 Å². The highest BCUT2D eigenvalue weighted by Crippen LogP contribution is 2.60. The van der Waals surface area contributed by atoms with Crippen molar-refractivity contribution >= 4 is 23.3 Å². The number of aryl methyl sites for hydroxylation is 1. The second kappa shape index (κ2) is 9.46. The summed E-state index contributed by atoms with van der Waals surface area (Å²) in [4.78, 5) is 36.1. The quantitative estimate of drug-likeness (QED) is 0.493. The van der Waals surface area contributed by atoms with Gasteiger partial charge in [0.1, 0.15) is 11.5 Å². The highest BCUT2D eigenvalue weighted by molar-refractivity contribution is 6.04. The molecule has 2 amide bonds. The minimum atomic E-state index is -3.16. The number of hydrogen-bond acceptors (Lipinski definition) is 6. The number of hydrogen-bond donors (Lipinski definition) is 2. The number of amides is 2. The number of benzene rings is 1. The minimum Gasteiger partial charge on any atom is -0.395 e. The minimum absolute atomic E-state index is 0.00505. The normalized spacial score (nSPS) is 23.5. The number of aromatic nitrogens is 2. The Bertz CT molecular complexity index is 1470. The molecule has 39 heavy (non-hydrogen) atoms. The van der Waals surface area contributed by atoms with Crippen molar-refractivity contribution in [1.82, 2.24) is 9.97 Å². The number of carbonyl (C=O) groups excluding carboxylic acids is 2. The van der Waals surface area contributed by atoms with E-state index >= 15 is 0 Å². The van der Waals surface area contributed by atoms with E-state index in [0.717, 1.165) is 35.2 Å². The van der Waals surface area contributed by atoms with Gasteiger partial charge in [-0.3, -0.25) is 19.5 Å². The molecule has 3 aromatic rings. The smallest absolute Gasteiger partial charge is 0.286 e. The molecule has 1 aromatic carbocycles. The molecular weight excluding hydrogens is 506 g/mol. The topological polar surface area (TPSA) is 105 Å². The van der Waals surface area contributed by atoms with E-state index in [9.17, 15) is 23.5 Å². The third kappa shape index (κ3) is 4.28. The van der Waals surface area contributed by atoms with Crippen molar-refractivity contribution in [2.45, 2.75) is 25.7 Å². The predicted molar refractivity (Wildman–Crippen MR) is 140 cm³/mol. The molecule has 1 aliphatic carbocycles. The van der Waals surface area contributed by atoms with Gasteiger partial charge in [0.2, 0.25) is 5.91 Å². The van der Waals surface area contributed by atoms with Gasteiger partial charge in [-0.15, -0.1) is 0 Å². The molecule has 4 atom stereocenters. The van der Waals surface area contributed by atoms with Crippen LogP contribution in [-0.2, 0) is 15.5 Å². The molecule has 2 aromatic heterocycles. The highest BCUT2D eigenvalue weighted by atomic mass is 19.3. The number of pyridine rings is 2. The van der Waals surface area contributed by atoms with Crippen LogP contribution in [0.4, 0.5) is 20.3 Å².